The van der Waals surface area contributed by atoms with E-state index in [1.165, 1.54) is 97.2 Å². The van der Waals surface area contributed by atoms with E-state index in [4.69, 9.17) is 0 Å². The van der Waals surface area contributed by atoms with E-state index in [1.807, 2.05) is 0 Å². The van der Waals surface area contributed by atoms with Crippen molar-refractivity contribution in [2.24, 2.45) is 0 Å². The first-order chi connectivity index (χ1) is 9.90. The molecule has 0 radical (unpaired) electrons. The molecule has 1 aliphatic heterocycles. The third-order valence-electron chi connectivity index (χ3n) is 5.00. The zero-order chi connectivity index (χ0) is 14.0. The Hall–Kier alpha value is -0.120. The largest absolute Gasteiger partial charge is 0.317 e. The van der Waals surface area contributed by atoms with Crippen LogP contribution < -0.4 is 5.32 Å². The number of hydrogen-bond acceptors (Lipinski definition) is 3. The molecule has 0 unspecified atom stereocenters. The molecule has 20 heavy (non-hydrogen) atoms. The second kappa shape index (κ2) is 9.75. The van der Waals surface area contributed by atoms with Crippen LogP contribution in [0.2, 0.25) is 0 Å². The first kappa shape index (κ1) is 16.3. The van der Waals surface area contributed by atoms with Crippen molar-refractivity contribution in [2.75, 3.05) is 45.8 Å². The van der Waals surface area contributed by atoms with Crippen molar-refractivity contribution in [2.45, 2.75) is 64.3 Å². The molecule has 1 N–H and O–H groups in total. The predicted molar refractivity (Wildman–Crippen MR) is 87.3 cm³/mol. The summed E-state index contributed by atoms with van der Waals surface area (Å²) < 4.78 is 0. The summed E-state index contributed by atoms with van der Waals surface area (Å²) in [5.41, 5.74) is 0. The van der Waals surface area contributed by atoms with E-state index in [0.29, 0.717) is 0 Å². The van der Waals surface area contributed by atoms with Gasteiger partial charge in [0.05, 0.1) is 0 Å². The Morgan fingerprint density at radius 2 is 1.65 bits per heavy atom. The molecule has 0 aromatic carbocycles. The van der Waals surface area contributed by atoms with Crippen LogP contribution >= 0.6 is 0 Å². The third-order valence-corrected chi connectivity index (χ3v) is 5.00. The second-order valence-corrected chi connectivity index (χ2v) is 6.63. The highest BCUT2D eigenvalue weighted by Gasteiger charge is 2.25. The van der Waals surface area contributed by atoms with Crippen LogP contribution in [0.1, 0.15) is 58.3 Å². The molecule has 0 amide bonds. The van der Waals surface area contributed by atoms with E-state index in [-0.39, 0.29) is 0 Å². The molecule has 2 fully saturated rings. The molecular formula is C17H35N3. The summed E-state index contributed by atoms with van der Waals surface area (Å²) in [5.74, 6) is 0. The maximum atomic E-state index is 3.49. The number of piperazine rings is 1. The van der Waals surface area contributed by atoms with Gasteiger partial charge in [-0.1, -0.05) is 26.2 Å². The van der Waals surface area contributed by atoms with Gasteiger partial charge in [-0.15, -0.1) is 0 Å². The summed E-state index contributed by atoms with van der Waals surface area (Å²) >= 11 is 0. The van der Waals surface area contributed by atoms with Gasteiger partial charge >= 0.3 is 0 Å². The van der Waals surface area contributed by atoms with Crippen LogP contribution in [0.5, 0.6) is 0 Å². The lowest BCUT2D eigenvalue weighted by molar-refractivity contribution is 0.0968. The van der Waals surface area contributed by atoms with E-state index < -0.39 is 0 Å². The van der Waals surface area contributed by atoms with Crippen molar-refractivity contribution in [3.05, 3.63) is 0 Å². The third kappa shape index (κ3) is 5.71. The molecule has 1 saturated carbocycles. The highest BCUT2D eigenvalue weighted by Crippen LogP contribution is 2.24. The van der Waals surface area contributed by atoms with E-state index in [9.17, 15) is 0 Å². The quantitative estimate of drug-likeness (QED) is 0.656. The van der Waals surface area contributed by atoms with Crippen molar-refractivity contribution in [3.8, 4) is 0 Å². The van der Waals surface area contributed by atoms with E-state index in [0.717, 1.165) is 6.04 Å². The van der Waals surface area contributed by atoms with Crippen molar-refractivity contribution >= 4 is 0 Å². The first-order valence-electron chi connectivity index (χ1n) is 9.07. The molecule has 1 saturated heterocycles. The molecule has 0 aromatic rings. The van der Waals surface area contributed by atoms with Gasteiger partial charge in [-0.2, -0.15) is 0 Å². The van der Waals surface area contributed by atoms with Crippen LogP contribution in [0, 0.1) is 0 Å². The molecule has 3 heteroatoms. The van der Waals surface area contributed by atoms with E-state index in [2.05, 4.69) is 22.0 Å². The van der Waals surface area contributed by atoms with Gasteiger partial charge in [0, 0.05) is 32.2 Å². The standard InChI is InChI=1S/C17H35N3/c1-2-10-18-11-6-3-7-12-19-13-15-20(16-14-19)17-8-4-5-9-17/h17-18H,2-16H2,1H3. The molecule has 2 aliphatic rings. The molecule has 1 heterocycles. The van der Waals surface area contributed by atoms with E-state index in [1.54, 1.807) is 0 Å². The van der Waals surface area contributed by atoms with Crippen LogP contribution in [0.3, 0.4) is 0 Å². The average molecular weight is 281 g/mol. The SMILES string of the molecule is CCCNCCCCCN1CCN(C2CCCC2)CC1. The lowest BCUT2D eigenvalue weighted by atomic mass is 10.1. The Kier molecular flexibility index (Phi) is 7.92. The van der Waals surface area contributed by atoms with Crippen molar-refractivity contribution < 1.29 is 0 Å². The normalized spacial score (nSPS) is 22.6. The lowest BCUT2D eigenvalue weighted by Gasteiger charge is -2.38. The Bertz CT molecular complexity index is 230. The lowest BCUT2D eigenvalue weighted by Crippen LogP contribution is -2.49. The van der Waals surface area contributed by atoms with E-state index >= 15 is 0 Å². The van der Waals surface area contributed by atoms with Gasteiger partial charge in [-0.3, -0.25) is 4.90 Å². The molecule has 0 aromatic heterocycles. The second-order valence-electron chi connectivity index (χ2n) is 6.63. The zero-order valence-corrected chi connectivity index (χ0v) is 13.6. The molecular weight excluding hydrogens is 246 g/mol. The average Bonchev–Trinajstić information content (AvgIpc) is 3.01. The number of nitrogens with one attached hydrogen (secondary N) is 1. The summed E-state index contributed by atoms with van der Waals surface area (Å²) in [7, 11) is 0. The monoisotopic (exact) mass is 281 g/mol. The van der Waals surface area contributed by atoms with Gasteiger partial charge < -0.3 is 10.2 Å². The summed E-state index contributed by atoms with van der Waals surface area (Å²) in [4.78, 5) is 5.45. The van der Waals surface area contributed by atoms with Gasteiger partial charge in [-0.25, -0.2) is 0 Å². The fraction of sp³-hybridized carbons (Fsp3) is 1.00. The van der Waals surface area contributed by atoms with Crippen molar-refractivity contribution in [3.63, 3.8) is 0 Å². The highest BCUT2D eigenvalue weighted by atomic mass is 15.3. The van der Waals surface area contributed by atoms with Gasteiger partial charge in [0.25, 0.3) is 0 Å². The molecule has 118 valence electrons. The maximum absolute atomic E-state index is 3.49. The highest BCUT2D eigenvalue weighted by molar-refractivity contribution is 4.81. The van der Waals surface area contributed by atoms with Gasteiger partial charge in [0.2, 0.25) is 0 Å². The van der Waals surface area contributed by atoms with Crippen molar-refractivity contribution in [1.82, 2.24) is 15.1 Å². The molecule has 1 aliphatic carbocycles. The fourth-order valence-corrected chi connectivity index (χ4v) is 3.69. The van der Waals surface area contributed by atoms with Crippen LogP contribution in [-0.4, -0.2) is 61.7 Å². The molecule has 0 bridgehead atoms. The fourth-order valence-electron chi connectivity index (χ4n) is 3.69. The van der Waals surface area contributed by atoms with Gasteiger partial charge in [0.15, 0.2) is 0 Å². The molecule has 0 atom stereocenters. The topological polar surface area (TPSA) is 18.5 Å². The Morgan fingerprint density at radius 1 is 0.900 bits per heavy atom. The smallest absolute Gasteiger partial charge is 0.0113 e. The van der Waals surface area contributed by atoms with Crippen molar-refractivity contribution in [1.29, 1.82) is 0 Å². The zero-order valence-electron chi connectivity index (χ0n) is 13.6. The summed E-state index contributed by atoms with van der Waals surface area (Å²) in [5, 5.41) is 3.49. The number of hydrogen-bond donors (Lipinski definition) is 1. The van der Waals surface area contributed by atoms with Gasteiger partial charge in [-0.05, 0) is 51.7 Å². The van der Waals surface area contributed by atoms with Crippen LogP contribution in [-0.2, 0) is 0 Å². The minimum atomic E-state index is 0.932. The molecule has 2 rings (SSSR count). The molecule has 3 nitrogen and oxygen atoms in total. The van der Waals surface area contributed by atoms with Crippen LogP contribution in [0.15, 0.2) is 0 Å². The molecule has 0 spiro atoms. The Morgan fingerprint density at radius 3 is 2.35 bits per heavy atom. The minimum absolute atomic E-state index is 0.932. The van der Waals surface area contributed by atoms with Crippen LogP contribution in [0.4, 0.5) is 0 Å². The number of unbranched alkanes of at least 4 members (excludes halogenated alkanes) is 2. The number of nitrogens with zero attached hydrogens (tertiary/aromatic N) is 2. The first-order valence-corrected chi connectivity index (χ1v) is 9.07. The Balaban J connectivity index is 1.45. The maximum Gasteiger partial charge on any atom is 0.0113 e. The van der Waals surface area contributed by atoms with Crippen LogP contribution in [0.25, 0.3) is 0 Å². The summed E-state index contributed by atoms with van der Waals surface area (Å²) in [6.07, 6.45) is 11.2. The number of rotatable bonds is 9. The summed E-state index contributed by atoms with van der Waals surface area (Å²) in [6, 6.07) is 0.932. The van der Waals surface area contributed by atoms with Gasteiger partial charge in [0.1, 0.15) is 0 Å². The minimum Gasteiger partial charge on any atom is -0.317 e. The predicted octanol–water partition coefficient (Wildman–Crippen LogP) is 2.72. The summed E-state index contributed by atoms with van der Waals surface area (Å²) in [6.45, 7) is 11.2. The Labute approximate surface area is 126 Å².